The standard InChI is InChI=1S/C34H43ClN4O2Si/c1-22(2)26-18-14-19-27(23(3)4)30(26)36-33(40)37-32-31(28-17-12-13-20-29(28)35)38-34(39-32,25-15-10-9-11-16-25)21-41-24(5)42(6,7)8/h9-20,22-24H,21H2,1-8H3,(H2,36,37,39,40). The van der Waals surface area contributed by atoms with Gasteiger partial charge in [-0.3, -0.25) is 5.32 Å². The second-order valence-electron chi connectivity index (χ2n) is 12.6. The Morgan fingerprint density at radius 1 is 0.833 bits per heavy atom. The molecule has 2 N–H and O–H groups in total. The molecule has 0 spiro atoms. The Morgan fingerprint density at radius 3 is 2.00 bits per heavy atom. The molecule has 0 fully saturated rings. The number of carbonyl (C=O) groups is 1. The number of hydrogen-bond donors (Lipinski definition) is 2. The summed E-state index contributed by atoms with van der Waals surface area (Å²) in [5.74, 6) is 0.820. The highest BCUT2D eigenvalue weighted by molar-refractivity contribution is 6.77. The van der Waals surface area contributed by atoms with Gasteiger partial charge in [0, 0.05) is 22.5 Å². The number of para-hydroxylation sites is 1. The summed E-state index contributed by atoms with van der Waals surface area (Å²) >= 11 is 6.68. The summed E-state index contributed by atoms with van der Waals surface area (Å²) in [6.07, 6.45) is 0. The molecule has 0 saturated heterocycles. The third-order valence-electron chi connectivity index (χ3n) is 7.78. The lowest BCUT2D eigenvalue weighted by atomic mass is 9.93. The maximum absolute atomic E-state index is 13.7. The first-order valence-electron chi connectivity index (χ1n) is 14.7. The molecule has 1 heterocycles. The average molecular weight is 603 g/mol. The Balaban J connectivity index is 1.78. The fourth-order valence-electron chi connectivity index (χ4n) is 4.85. The number of urea groups is 1. The second-order valence-corrected chi connectivity index (χ2v) is 18.6. The molecule has 6 nitrogen and oxygen atoms in total. The molecule has 1 aliphatic heterocycles. The molecule has 8 heteroatoms. The minimum Gasteiger partial charge on any atom is -0.377 e. The number of amidine groups is 1. The number of benzene rings is 3. The van der Waals surface area contributed by atoms with Gasteiger partial charge in [0.05, 0.1) is 19.7 Å². The summed E-state index contributed by atoms with van der Waals surface area (Å²) in [4.78, 5) is 24.0. The van der Waals surface area contributed by atoms with Crippen molar-refractivity contribution in [2.24, 2.45) is 9.98 Å². The monoisotopic (exact) mass is 602 g/mol. The summed E-state index contributed by atoms with van der Waals surface area (Å²) in [7, 11) is -1.59. The van der Waals surface area contributed by atoms with Gasteiger partial charge in [0.1, 0.15) is 5.71 Å². The van der Waals surface area contributed by atoms with Gasteiger partial charge >= 0.3 is 6.03 Å². The molecule has 4 rings (SSSR count). The fraction of sp³-hybridized carbons (Fsp3) is 0.382. The number of rotatable bonds is 9. The van der Waals surface area contributed by atoms with Crippen LogP contribution in [-0.2, 0) is 10.4 Å². The van der Waals surface area contributed by atoms with Crippen LogP contribution in [-0.4, -0.2) is 38.0 Å². The molecule has 3 aromatic carbocycles. The molecule has 0 aromatic heterocycles. The highest BCUT2D eigenvalue weighted by Gasteiger charge is 2.41. The van der Waals surface area contributed by atoms with Crippen molar-refractivity contribution >= 4 is 42.9 Å². The number of hydrogen-bond acceptors (Lipinski definition) is 4. The normalized spacial score (nSPS) is 17.7. The first kappa shape index (κ1) is 31.7. The van der Waals surface area contributed by atoms with Gasteiger partial charge in [-0.2, -0.15) is 0 Å². The lowest BCUT2D eigenvalue weighted by molar-refractivity contribution is 0.0698. The number of nitrogens with zero attached hydrogens (tertiary/aromatic N) is 2. The van der Waals surface area contributed by atoms with E-state index in [0.29, 0.717) is 22.1 Å². The van der Waals surface area contributed by atoms with E-state index in [-0.39, 0.29) is 30.2 Å². The Bertz CT molecular complexity index is 1450. The minimum atomic E-state index is -1.59. The van der Waals surface area contributed by atoms with Crippen molar-refractivity contribution in [3.05, 3.63) is 100 Å². The Morgan fingerprint density at radius 2 is 1.43 bits per heavy atom. The van der Waals surface area contributed by atoms with Gasteiger partial charge in [0.15, 0.2) is 5.84 Å². The van der Waals surface area contributed by atoms with Crippen LogP contribution in [0.5, 0.6) is 0 Å². The molecule has 0 aliphatic carbocycles. The maximum Gasteiger partial charge on any atom is 0.324 e. The van der Waals surface area contributed by atoms with Crippen molar-refractivity contribution < 1.29 is 9.53 Å². The van der Waals surface area contributed by atoms with Crippen LogP contribution in [0.1, 0.15) is 68.7 Å². The van der Waals surface area contributed by atoms with Crippen molar-refractivity contribution in [3.63, 3.8) is 0 Å². The molecule has 2 unspecified atom stereocenters. The van der Waals surface area contributed by atoms with E-state index in [1.165, 1.54) is 0 Å². The fourth-order valence-corrected chi connectivity index (χ4v) is 5.66. The van der Waals surface area contributed by atoms with Gasteiger partial charge in [0.25, 0.3) is 0 Å². The van der Waals surface area contributed by atoms with Crippen LogP contribution in [0.25, 0.3) is 0 Å². The van der Waals surface area contributed by atoms with Crippen LogP contribution in [0.3, 0.4) is 0 Å². The van der Waals surface area contributed by atoms with E-state index in [9.17, 15) is 4.79 Å². The van der Waals surface area contributed by atoms with E-state index in [1.54, 1.807) is 0 Å². The number of aliphatic imine (C=N–C) groups is 2. The quantitative estimate of drug-likeness (QED) is 0.240. The van der Waals surface area contributed by atoms with Gasteiger partial charge in [-0.05, 0) is 36.0 Å². The molecule has 3 aromatic rings. The zero-order chi connectivity index (χ0) is 30.7. The lowest BCUT2D eigenvalue weighted by Crippen LogP contribution is -2.41. The van der Waals surface area contributed by atoms with Crippen LogP contribution in [0.15, 0.2) is 82.8 Å². The van der Waals surface area contributed by atoms with Gasteiger partial charge in [-0.15, -0.1) is 0 Å². The molecule has 0 bridgehead atoms. The van der Waals surface area contributed by atoms with Gasteiger partial charge in [-0.25, -0.2) is 14.8 Å². The highest BCUT2D eigenvalue weighted by Crippen LogP contribution is 2.36. The smallest absolute Gasteiger partial charge is 0.324 e. The predicted molar refractivity (Wildman–Crippen MR) is 179 cm³/mol. The molecular formula is C34H43ClN4O2Si. The topological polar surface area (TPSA) is 75.1 Å². The maximum atomic E-state index is 13.7. The average Bonchev–Trinajstić information content (AvgIpc) is 3.30. The molecule has 0 saturated carbocycles. The minimum absolute atomic E-state index is 0.0783. The summed E-state index contributed by atoms with van der Waals surface area (Å²) in [6, 6.07) is 23.2. The molecule has 2 amide bonds. The highest BCUT2D eigenvalue weighted by atomic mass is 35.5. The van der Waals surface area contributed by atoms with E-state index in [4.69, 9.17) is 26.3 Å². The number of ether oxygens (including phenoxy) is 1. The molecular weight excluding hydrogens is 560 g/mol. The van der Waals surface area contributed by atoms with E-state index in [0.717, 1.165) is 22.4 Å². The first-order chi connectivity index (χ1) is 19.8. The first-order valence-corrected chi connectivity index (χ1v) is 18.6. The van der Waals surface area contributed by atoms with Crippen molar-refractivity contribution in [1.29, 1.82) is 0 Å². The molecule has 0 radical (unpaired) electrons. The number of halogens is 1. The second kappa shape index (κ2) is 12.9. The van der Waals surface area contributed by atoms with Gasteiger partial charge in [0.2, 0.25) is 5.66 Å². The van der Waals surface area contributed by atoms with E-state index >= 15 is 0 Å². The Labute approximate surface area is 256 Å². The summed E-state index contributed by atoms with van der Waals surface area (Å²) < 4.78 is 6.48. The van der Waals surface area contributed by atoms with Crippen molar-refractivity contribution in [2.75, 3.05) is 11.9 Å². The summed E-state index contributed by atoms with van der Waals surface area (Å²) in [5.41, 5.74) is 4.08. The Hall–Kier alpha value is -3.26. The lowest BCUT2D eigenvalue weighted by Gasteiger charge is -2.30. The zero-order valence-corrected chi connectivity index (χ0v) is 27.7. The SMILES string of the molecule is CC(C)c1cccc(C(C)C)c1NC(=O)NC1=NC(COC(C)[Si](C)(C)C)(c2ccccc2)N=C1c1ccccc1Cl. The number of carbonyl (C=O) groups excluding carboxylic acids is 1. The van der Waals surface area contributed by atoms with E-state index in [1.807, 2.05) is 60.7 Å². The molecule has 1 aliphatic rings. The van der Waals surface area contributed by atoms with Crippen molar-refractivity contribution in [1.82, 2.24) is 5.32 Å². The Kier molecular flexibility index (Phi) is 9.76. The van der Waals surface area contributed by atoms with E-state index < -0.39 is 13.7 Å². The van der Waals surface area contributed by atoms with Crippen LogP contribution in [0.4, 0.5) is 10.5 Å². The molecule has 222 valence electrons. The zero-order valence-electron chi connectivity index (χ0n) is 26.0. The number of anilines is 1. The molecule has 42 heavy (non-hydrogen) atoms. The van der Waals surface area contributed by atoms with Gasteiger partial charge in [-0.1, -0.05) is 126 Å². The van der Waals surface area contributed by atoms with Crippen LogP contribution in [0, 0.1) is 0 Å². The number of amides is 2. The summed E-state index contributed by atoms with van der Waals surface area (Å²) in [6.45, 7) is 17.7. The summed E-state index contributed by atoms with van der Waals surface area (Å²) in [5, 5.41) is 6.72. The van der Waals surface area contributed by atoms with Gasteiger partial charge < -0.3 is 10.1 Å². The van der Waals surface area contributed by atoms with Crippen LogP contribution in [0.2, 0.25) is 24.7 Å². The third-order valence-corrected chi connectivity index (χ3v) is 10.7. The largest absolute Gasteiger partial charge is 0.377 e. The third kappa shape index (κ3) is 7.02. The molecule has 2 atom stereocenters. The van der Waals surface area contributed by atoms with Crippen LogP contribution >= 0.6 is 11.6 Å². The van der Waals surface area contributed by atoms with E-state index in [2.05, 4.69) is 77.0 Å². The number of nitrogens with one attached hydrogen (secondary N) is 2. The van der Waals surface area contributed by atoms with Crippen LogP contribution < -0.4 is 10.6 Å². The van der Waals surface area contributed by atoms with Crippen molar-refractivity contribution in [2.45, 2.75) is 77.5 Å². The van der Waals surface area contributed by atoms with Crippen molar-refractivity contribution in [3.8, 4) is 0 Å². The predicted octanol–water partition coefficient (Wildman–Crippen LogP) is 8.75.